The number of thiophene rings is 1. The molecule has 0 spiro atoms. The Morgan fingerprint density at radius 2 is 2.15 bits per heavy atom. The monoisotopic (exact) mass is 353 g/mol. The second-order valence-corrected chi connectivity index (χ2v) is 6.76. The maximum absolute atomic E-state index is 12.0. The van der Waals surface area contributed by atoms with Crippen LogP contribution < -0.4 is 10.1 Å². The first-order valence-electron chi connectivity index (χ1n) is 6.28. The highest BCUT2D eigenvalue weighted by molar-refractivity contribution is 9.11. The molecule has 1 aromatic carbocycles. The summed E-state index contributed by atoms with van der Waals surface area (Å²) in [5.41, 5.74) is 2.18. The van der Waals surface area contributed by atoms with E-state index in [1.165, 1.54) is 11.3 Å². The van der Waals surface area contributed by atoms with Gasteiger partial charge in [0.1, 0.15) is 5.75 Å². The Hall–Kier alpha value is -1.33. The van der Waals surface area contributed by atoms with Gasteiger partial charge in [-0.25, -0.2) is 0 Å². The summed E-state index contributed by atoms with van der Waals surface area (Å²) in [7, 11) is 1.66. The minimum atomic E-state index is -0.0290. The van der Waals surface area contributed by atoms with E-state index in [0.29, 0.717) is 6.54 Å². The number of methoxy groups -OCH3 is 1. The van der Waals surface area contributed by atoms with Crippen molar-refractivity contribution in [3.63, 3.8) is 0 Å². The van der Waals surface area contributed by atoms with E-state index in [2.05, 4.69) is 21.2 Å². The number of hydrogen-bond acceptors (Lipinski definition) is 3. The van der Waals surface area contributed by atoms with Crippen LogP contribution in [0.5, 0.6) is 5.75 Å². The second-order valence-electron chi connectivity index (χ2n) is 4.39. The summed E-state index contributed by atoms with van der Waals surface area (Å²) in [6.45, 7) is 2.57. The molecule has 1 aromatic heterocycles. The highest BCUT2D eigenvalue weighted by atomic mass is 79.9. The van der Waals surface area contributed by atoms with Gasteiger partial charge in [-0.2, -0.15) is 0 Å². The van der Waals surface area contributed by atoms with Crippen molar-refractivity contribution in [3.05, 3.63) is 50.1 Å². The van der Waals surface area contributed by atoms with Crippen molar-refractivity contribution >= 4 is 33.2 Å². The summed E-state index contributed by atoms with van der Waals surface area (Å²) in [5, 5.41) is 2.93. The SMILES string of the molecule is COc1ccccc1CCNC(=O)c1cc(C)c(Br)s1. The van der Waals surface area contributed by atoms with E-state index in [9.17, 15) is 4.79 Å². The Bertz CT molecular complexity index is 590. The lowest BCUT2D eigenvalue weighted by Crippen LogP contribution is -2.24. The first-order valence-corrected chi connectivity index (χ1v) is 7.89. The highest BCUT2D eigenvalue weighted by Crippen LogP contribution is 2.27. The van der Waals surface area contributed by atoms with Crippen LogP contribution in [0.3, 0.4) is 0 Å². The van der Waals surface area contributed by atoms with Crippen LogP contribution in [-0.2, 0) is 6.42 Å². The summed E-state index contributed by atoms with van der Waals surface area (Å²) in [6.07, 6.45) is 0.751. The molecule has 0 unspecified atom stereocenters. The number of para-hydroxylation sites is 1. The zero-order valence-electron chi connectivity index (χ0n) is 11.4. The van der Waals surface area contributed by atoms with E-state index in [1.807, 2.05) is 37.3 Å². The Labute approximate surface area is 131 Å². The van der Waals surface area contributed by atoms with Crippen LogP contribution in [0.15, 0.2) is 34.1 Å². The van der Waals surface area contributed by atoms with Crippen molar-refractivity contribution in [2.24, 2.45) is 0 Å². The molecule has 2 aromatic rings. The summed E-state index contributed by atoms with van der Waals surface area (Å²) in [6, 6.07) is 9.74. The summed E-state index contributed by atoms with van der Waals surface area (Å²) >= 11 is 4.89. The lowest BCUT2D eigenvalue weighted by Gasteiger charge is -2.08. The van der Waals surface area contributed by atoms with E-state index in [4.69, 9.17) is 4.74 Å². The maximum atomic E-state index is 12.0. The van der Waals surface area contributed by atoms with Gasteiger partial charge in [0.25, 0.3) is 5.91 Å². The van der Waals surface area contributed by atoms with Crippen molar-refractivity contribution in [3.8, 4) is 5.75 Å². The van der Waals surface area contributed by atoms with Crippen LogP contribution in [-0.4, -0.2) is 19.6 Å². The molecule has 0 bridgehead atoms. The first-order chi connectivity index (χ1) is 9.61. The normalized spacial score (nSPS) is 10.3. The van der Waals surface area contributed by atoms with Gasteiger partial charge in [0, 0.05) is 6.54 Å². The number of carbonyl (C=O) groups excluding carboxylic acids is 1. The van der Waals surface area contributed by atoms with Crippen LogP contribution in [0.25, 0.3) is 0 Å². The van der Waals surface area contributed by atoms with Gasteiger partial charge in [-0.15, -0.1) is 11.3 Å². The van der Waals surface area contributed by atoms with Crippen LogP contribution in [0.1, 0.15) is 20.8 Å². The third kappa shape index (κ3) is 3.61. The minimum Gasteiger partial charge on any atom is -0.496 e. The Morgan fingerprint density at radius 1 is 1.40 bits per heavy atom. The number of amides is 1. The number of nitrogens with one attached hydrogen (secondary N) is 1. The molecule has 5 heteroatoms. The van der Waals surface area contributed by atoms with Gasteiger partial charge >= 0.3 is 0 Å². The van der Waals surface area contributed by atoms with Gasteiger partial charge in [0.05, 0.1) is 15.8 Å². The smallest absolute Gasteiger partial charge is 0.261 e. The Balaban J connectivity index is 1.91. The van der Waals surface area contributed by atoms with Gasteiger partial charge in [0.15, 0.2) is 0 Å². The predicted molar refractivity (Wildman–Crippen MR) is 85.8 cm³/mol. The fourth-order valence-electron chi connectivity index (χ4n) is 1.88. The molecule has 0 saturated heterocycles. The van der Waals surface area contributed by atoms with Crippen molar-refractivity contribution in [1.82, 2.24) is 5.32 Å². The molecule has 0 aliphatic carbocycles. The van der Waals surface area contributed by atoms with E-state index in [-0.39, 0.29) is 5.91 Å². The average molecular weight is 354 g/mol. The Morgan fingerprint density at radius 3 is 2.80 bits per heavy atom. The predicted octanol–water partition coefficient (Wildman–Crippen LogP) is 3.80. The molecule has 2 rings (SSSR count). The fraction of sp³-hybridized carbons (Fsp3) is 0.267. The lowest BCUT2D eigenvalue weighted by molar-refractivity contribution is 0.0958. The van der Waals surface area contributed by atoms with Gasteiger partial charge in [-0.05, 0) is 52.5 Å². The molecule has 0 radical (unpaired) electrons. The van der Waals surface area contributed by atoms with Gasteiger partial charge in [-0.3, -0.25) is 4.79 Å². The standard InChI is InChI=1S/C15H16BrNO2S/c1-10-9-13(20-14(10)16)15(18)17-8-7-11-5-3-4-6-12(11)19-2/h3-6,9H,7-8H2,1-2H3,(H,17,18). The minimum absolute atomic E-state index is 0.0290. The molecule has 0 atom stereocenters. The third-order valence-electron chi connectivity index (χ3n) is 2.95. The molecular formula is C15H16BrNO2S. The van der Waals surface area contributed by atoms with E-state index in [1.54, 1.807) is 7.11 Å². The molecule has 0 fully saturated rings. The molecule has 1 amide bonds. The number of rotatable bonds is 5. The highest BCUT2D eigenvalue weighted by Gasteiger charge is 2.11. The van der Waals surface area contributed by atoms with Crippen molar-refractivity contribution in [1.29, 1.82) is 0 Å². The van der Waals surface area contributed by atoms with E-state index in [0.717, 1.165) is 32.0 Å². The Kier molecular flexibility index (Phi) is 5.20. The average Bonchev–Trinajstić information content (AvgIpc) is 2.79. The summed E-state index contributed by atoms with van der Waals surface area (Å²) in [5.74, 6) is 0.829. The molecule has 0 aliphatic rings. The molecule has 0 aliphatic heterocycles. The van der Waals surface area contributed by atoms with Gasteiger partial charge in [-0.1, -0.05) is 18.2 Å². The number of halogens is 1. The third-order valence-corrected chi connectivity index (χ3v) is 5.09. The van der Waals surface area contributed by atoms with Crippen molar-refractivity contribution in [2.75, 3.05) is 13.7 Å². The number of ether oxygens (including phenoxy) is 1. The van der Waals surface area contributed by atoms with E-state index >= 15 is 0 Å². The first kappa shape index (κ1) is 15.1. The molecule has 1 heterocycles. The number of hydrogen-bond donors (Lipinski definition) is 1. The van der Waals surface area contributed by atoms with Crippen LogP contribution in [0.2, 0.25) is 0 Å². The zero-order valence-corrected chi connectivity index (χ0v) is 13.8. The summed E-state index contributed by atoms with van der Waals surface area (Å²) < 4.78 is 6.30. The number of aryl methyl sites for hydroxylation is 1. The molecule has 20 heavy (non-hydrogen) atoms. The van der Waals surface area contributed by atoms with Gasteiger partial charge < -0.3 is 10.1 Å². The maximum Gasteiger partial charge on any atom is 0.261 e. The largest absolute Gasteiger partial charge is 0.496 e. The topological polar surface area (TPSA) is 38.3 Å². The number of benzene rings is 1. The quantitative estimate of drug-likeness (QED) is 0.887. The van der Waals surface area contributed by atoms with Crippen molar-refractivity contribution < 1.29 is 9.53 Å². The molecule has 0 saturated carbocycles. The molecular weight excluding hydrogens is 338 g/mol. The van der Waals surface area contributed by atoms with Gasteiger partial charge in [0.2, 0.25) is 0 Å². The van der Waals surface area contributed by atoms with Crippen LogP contribution in [0, 0.1) is 6.92 Å². The fourth-order valence-corrected chi connectivity index (χ4v) is 3.33. The number of carbonyl (C=O) groups is 1. The second kappa shape index (κ2) is 6.90. The summed E-state index contributed by atoms with van der Waals surface area (Å²) in [4.78, 5) is 12.7. The van der Waals surface area contributed by atoms with E-state index < -0.39 is 0 Å². The molecule has 1 N–H and O–H groups in total. The zero-order chi connectivity index (χ0) is 14.5. The lowest BCUT2D eigenvalue weighted by atomic mass is 10.1. The van der Waals surface area contributed by atoms with Crippen LogP contribution in [0.4, 0.5) is 0 Å². The molecule has 106 valence electrons. The molecule has 3 nitrogen and oxygen atoms in total. The van der Waals surface area contributed by atoms with Crippen molar-refractivity contribution in [2.45, 2.75) is 13.3 Å². The van der Waals surface area contributed by atoms with Crippen LogP contribution >= 0.6 is 27.3 Å².